The van der Waals surface area contributed by atoms with E-state index in [1.807, 2.05) is 30.3 Å². The lowest BCUT2D eigenvalue weighted by atomic mass is 9.93. The molecule has 0 bridgehead atoms. The van der Waals surface area contributed by atoms with E-state index in [1.165, 1.54) is 6.42 Å². The summed E-state index contributed by atoms with van der Waals surface area (Å²) in [6.45, 7) is 0. The Labute approximate surface area is 97.1 Å². The predicted molar refractivity (Wildman–Crippen MR) is 66.2 cm³/mol. The third-order valence-corrected chi connectivity index (χ3v) is 3.23. The monoisotopic (exact) mass is 220 g/mol. The van der Waals surface area contributed by atoms with Crippen molar-refractivity contribution in [2.75, 3.05) is 12.1 Å². The van der Waals surface area contributed by atoms with Gasteiger partial charge in [-0.2, -0.15) is 0 Å². The number of aliphatic hydroxyl groups is 1. The van der Waals surface area contributed by atoms with Crippen LogP contribution in [0, 0.1) is 0 Å². The summed E-state index contributed by atoms with van der Waals surface area (Å²) in [5, 5.41) is 11.9. The maximum atomic E-state index is 9.88. The van der Waals surface area contributed by atoms with Crippen LogP contribution in [0.4, 0.5) is 5.69 Å². The summed E-state index contributed by atoms with van der Waals surface area (Å²) in [5.74, 6) is 0. The Morgan fingerprint density at radius 1 is 1.19 bits per heavy atom. The number of aliphatic hydroxyl groups excluding tert-OH is 1. The van der Waals surface area contributed by atoms with Crippen LogP contribution in [0.2, 0.25) is 0 Å². The molecule has 16 heavy (non-hydrogen) atoms. The molecule has 0 radical (unpaired) electrons. The molecule has 0 aliphatic heterocycles. The third-order valence-electron chi connectivity index (χ3n) is 3.23. The Morgan fingerprint density at radius 3 is 2.56 bits per heavy atom. The van der Waals surface area contributed by atoms with Crippen molar-refractivity contribution in [3.8, 4) is 0 Å². The molecule has 0 aromatic heterocycles. The molecule has 0 spiro atoms. The van der Waals surface area contributed by atoms with Crippen molar-refractivity contribution in [3.05, 3.63) is 30.3 Å². The molecule has 2 rings (SSSR count). The summed E-state index contributed by atoms with van der Waals surface area (Å²) in [7, 11) is 2.00. The first-order valence-electron chi connectivity index (χ1n) is 6.00. The lowest BCUT2D eigenvalue weighted by Crippen LogP contribution is -2.49. The number of anilines is 1. The van der Waals surface area contributed by atoms with E-state index >= 15 is 0 Å². The van der Waals surface area contributed by atoms with Crippen molar-refractivity contribution in [2.45, 2.75) is 37.8 Å². The van der Waals surface area contributed by atoms with Crippen molar-refractivity contribution in [3.63, 3.8) is 0 Å². The van der Waals surface area contributed by atoms with Gasteiger partial charge in [0.2, 0.25) is 0 Å². The van der Waals surface area contributed by atoms with Crippen LogP contribution in [0.3, 0.4) is 0 Å². The van der Waals surface area contributed by atoms with Crippen LogP contribution in [0.25, 0.3) is 0 Å². The van der Waals surface area contributed by atoms with Gasteiger partial charge in [-0.3, -0.25) is 0 Å². The van der Waals surface area contributed by atoms with Gasteiger partial charge in [-0.1, -0.05) is 31.0 Å². The quantitative estimate of drug-likeness (QED) is 0.764. The Hall–Kier alpha value is -1.06. The molecule has 0 heterocycles. The molecule has 2 N–H and O–H groups in total. The van der Waals surface area contributed by atoms with Gasteiger partial charge in [0.1, 0.15) is 0 Å². The van der Waals surface area contributed by atoms with Gasteiger partial charge in [0.25, 0.3) is 0 Å². The number of hydrazine groups is 1. The smallest absolute Gasteiger partial charge is 0.0711 e. The highest BCUT2D eigenvalue weighted by atomic mass is 16.3. The van der Waals surface area contributed by atoms with E-state index in [-0.39, 0.29) is 12.1 Å². The summed E-state index contributed by atoms with van der Waals surface area (Å²) in [4.78, 5) is 0. The molecule has 0 amide bonds. The molecule has 3 nitrogen and oxygen atoms in total. The van der Waals surface area contributed by atoms with Gasteiger partial charge in [-0.15, -0.1) is 0 Å². The lowest BCUT2D eigenvalue weighted by molar-refractivity contribution is 0.0903. The number of hydrogen-bond donors (Lipinski definition) is 2. The van der Waals surface area contributed by atoms with Crippen molar-refractivity contribution < 1.29 is 5.11 Å². The standard InChI is InChI=1S/C13H20N2O/c1-15(11-7-3-2-4-8-11)14-12-9-5-6-10-13(12)16/h2-4,7-8,12-14,16H,5-6,9-10H2,1H3/t12-,13-/m1/s1. The van der Waals surface area contributed by atoms with E-state index in [4.69, 9.17) is 0 Å². The molecule has 1 aliphatic carbocycles. The minimum absolute atomic E-state index is 0.193. The predicted octanol–water partition coefficient (Wildman–Crippen LogP) is 1.93. The zero-order valence-electron chi connectivity index (χ0n) is 9.76. The number of nitrogens with zero attached hydrogens (tertiary/aromatic N) is 1. The van der Waals surface area contributed by atoms with Crippen LogP contribution in [0.5, 0.6) is 0 Å². The highest BCUT2D eigenvalue weighted by molar-refractivity contribution is 5.43. The maximum absolute atomic E-state index is 9.88. The van der Waals surface area contributed by atoms with E-state index in [0.717, 1.165) is 24.9 Å². The Kier molecular flexibility index (Phi) is 3.80. The molecular formula is C13H20N2O. The third kappa shape index (κ3) is 2.74. The van der Waals surface area contributed by atoms with E-state index in [9.17, 15) is 5.11 Å². The second-order valence-corrected chi connectivity index (χ2v) is 4.48. The summed E-state index contributed by atoms with van der Waals surface area (Å²) >= 11 is 0. The Bertz CT molecular complexity index is 315. The molecule has 88 valence electrons. The van der Waals surface area contributed by atoms with Crippen molar-refractivity contribution in [1.29, 1.82) is 0 Å². The molecule has 1 aromatic carbocycles. The number of hydrogen-bond acceptors (Lipinski definition) is 3. The summed E-state index contributed by atoms with van der Waals surface area (Å²) < 4.78 is 0. The highest BCUT2D eigenvalue weighted by Gasteiger charge is 2.23. The number of para-hydroxylation sites is 1. The van der Waals surface area contributed by atoms with E-state index in [1.54, 1.807) is 0 Å². The number of rotatable bonds is 3. The van der Waals surface area contributed by atoms with Crippen molar-refractivity contribution >= 4 is 5.69 Å². The second-order valence-electron chi connectivity index (χ2n) is 4.48. The average molecular weight is 220 g/mol. The van der Waals surface area contributed by atoms with Gasteiger partial charge < -0.3 is 10.1 Å². The van der Waals surface area contributed by atoms with Crippen molar-refractivity contribution in [2.24, 2.45) is 0 Å². The second kappa shape index (κ2) is 5.32. The largest absolute Gasteiger partial charge is 0.391 e. The summed E-state index contributed by atoms with van der Waals surface area (Å²) in [6, 6.07) is 10.4. The minimum Gasteiger partial charge on any atom is -0.391 e. The van der Waals surface area contributed by atoms with Gasteiger partial charge in [-0.25, -0.2) is 5.43 Å². The zero-order chi connectivity index (χ0) is 11.4. The fourth-order valence-electron chi connectivity index (χ4n) is 2.24. The molecular weight excluding hydrogens is 200 g/mol. The van der Waals surface area contributed by atoms with E-state index in [2.05, 4.69) is 17.6 Å². The molecule has 1 saturated carbocycles. The van der Waals surface area contributed by atoms with E-state index in [0.29, 0.717) is 0 Å². The fourth-order valence-corrected chi connectivity index (χ4v) is 2.24. The molecule has 1 aliphatic rings. The van der Waals surface area contributed by atoms with Crippen molar-refractivity contribution in [1.82, 2.24) is 5.43 Å². The van der Waals surface area contributed by atoms with Gasteiger partial charge in [0.05, 0.1) is 17.8 Å². The normalized spacial score (nSPS) is 25.4. The molecule has 0 unspecified atom stereocenters. The first kappa shape index (κ1) is 11.4. The lowest BCUT2D eigenvalue weighted by Gasteiger charge is -2.33. The first-order valence-corrected chi connectivity index (χ1v) is 6.00. The molecule has 0 saturated heterocycles. The average Bonchev–Trinajstić information content (AvgIpc) is 2.33. The minimum atomic E-state index is -0.208. The van der Waals surface area contributed by atoms with Gasteiger partial charge >= 0.3 is 0 Å². The summed E-state index contributed by atoms with van der Waals surface area (Å²) in [6.07, 6.45) is 4.12. The first-order chi connectivity index (χ1) is 7.77. The maximum Gasteiger partial charge on any atom is 0.0711 e. The van der Waals surface area contributed by atoms with Crippen LogP contribution in [-0.4, -0.2) is 24.3 Å². The highest BCUT2D eigenvalue weighted by Crippen LogP contribution is 2.19. The van der Waals surface area contributed by atoms with Crippen LogP contribution in [0.1, 0.15) is 25.7 Å². The molecule has 1 aromatic rings. The van der Waals surface area contributed by atoms with Crippen LogP contribution >= 0.6 is 0 Å². The SMILES string of the molecule is CN(N[C@@H]1CCCC[C@H]1O)c1ccccc1. The molecule has 1 fully saturated rings. The zero-order valence-corrected chi connectivity index (χ0v) is 9.76. The van der Waals surface area contributed by atoms with Gasteiger partial charge in [0.15, 0.2) is 0 Å². The Balaban J connectivity index is 1.94. The summed E-state index contributed by atoms with van der Waals surface area (Å²) in [5.41, 5.74) is 4.49. The molecule has 2 atom stereocenters. The van der Waals surface area contributed by atoms with Crippen LogP contribution in [-0.2, 0) is 0 Å². The van der Waals surface area contributed by atoms with E-state index < -0.39 is 0 Å². The van der Waals surface area contributed by atoms with Crippen LogP contribution < -0.4 is 10.4 Å². The molecule has 3 heteroatoms. The van der Waals surface area contributed by atoms with Gasteiger partial charge in [0, 0.05) is 7.05 Å². The van der Waals surface area contributed by atoms with Crippen LogP contribution in [0.15, 0.2) is 30.3 Å². The fraction of sp³-hybridized carbons (Fsp3) is 0.538. The number of benzene rings is 1. The topological polar surface area (TPSA) is 35.5 Å². The number of nitrogens with one attached hydrogen (secondary N) is 1. The van der Waals surface area contributed by atoms with Gasteiger partial charge in [-0.05, 0) is 25.0 Å². The Morgan fingerprint density at radius 2 is 1.88 bits per heavy atom.